The van der Waals surface area contributed by atoms with Gasteiger partial charge in [0.2, 0.25) is 29.5 Å². The van der Waals surface area contributed by atoms with E-state index in [-0.39, 0.29) is 48.9 Å². The molecular weight excluding hydrogens is 1380 g/mol. The molecule has 0 bridgehead atoms. The molecule has 4 heterocycles. The quantitative estimate of drug-likeness (QED) is 0.0266. The second-order valence-corrected chi connectivity index (χ2v) is 28.3. The molecular formula is C86H87F2N7O13. The monoisotopic (exact) mass is 1460 g/mol. The molecule has 2 aliphatic heterocycles. The highest BCUT2D eigenvalue weighted by molar-refractivity contribution is 5.92. The second-order valence-electron chi connectivity index (χ2n) is 28.3. The molecule has 5 amide bonds. The molecule has 3 unspecified atom stereocenters. The van der Waals surface area contributed by atoms with Gasteiger partial charge in [-0.15, -0.1) is 0 Å². The number of pyridine rings is 2. The first-order chi connectivity index (χ1) is 51.8. The Balaban J connectivity index is 0.814. The van der Waals surface area contributed by atoms with Crippen molar-refractivity contribution in [1.82, 2.24) is 35.3 Å². The number of amides is 5. The van der Waals surface area contributed by atoms with Gasteiger partial charge in [0.25, 0.3) is 5.56 Å². The predicted octanol–water partition coefficient (Wildman–Crippen LogP) is 13.6. The number of benzene rings is 7. The minimum atomic E-state index is -1.58. The van der Waals surface area contributed by atoms with Crippen LogP contribution in [0.15, 0.2) is 187 Å². The third-order valence-electron chi connectivity index (χ3n) is 20.9. The summed E-state index contributed by atoms with van der Waals surface area (Å²) < 4.78 is 36.9. The zero-order valence-electron chi connectivity index (χ0n) is 61.2. The van der Waals surface area contributed by atoms with Gasteiger partial charge in [-0.1, -0.05) is 128 Å². The third-order valence-corrected chi connectivity index (χ3v) is 20.9. The highest BCUT2D eigenvalue weighted by atomic mass is 19.2. The minimum Gasteiger partial charge on any atom is -0.481 e. The van der Waals surface area contributed by atoms with Gasteiger partial charge in [0.1, 0.15) is 18.1 Å². The third kappa shape index (κ3) is 17.7. The van der Waals surface area contributed by atoms with Crippen molar-refractivity contribution >= 4 is 47.4 Å². The van der Waals surface area contributed by atoms with Crippen LogP contribution in [-0.2, 0) is 49.5 Å². The Bertz CT molecular complexity index is 4970. The number of hydrogen-bond acceptors (Lipinski definition) is 11. The summed E-state index contributed by atoms with van der Waals surface area (Å²) in [4.78, 5) is 131. The average Bonchev–Trinajstić information content (AvgIpc) is 0.780. The second kappa shape index (κ2) is 34.2. The Morgan fingerprint density at radius 3 is 1.76 bits per heavy atom. The topological polar surface area (TPSA) is 284 Å². The number of ether oxygens (including phenoxy) is 1. The molecule has 0 spiro atoms. The Labute approximate surface area is 624 Å². The molecule has 2 aromatic heterocycles. The van der Waals surface area contributed by atoms with E-state index in [0.717, 1.165) is 73.3 Å². The van der Waals surface area contributed by atoms with Gasteiger partial charge < -0.3 is 50.4 Å². The molecule has 9 aromatic rings. The largest absolute Gasteiger partial charge is 0.481 e. The molecule has 6 N–H and O–H groups in total. The highest BCUT2D eigenvalue weighted by Gasteiger charge is 2.42. The SMILES string of the molecule is COC[C@H](C(=O)N[C@@H](CC(=O)O)c1cccc(-c2c(C)cccc2C)c1)n1ccc(Cc2ccc(C)c(-c3cncc([C@H](CC(=O)O)NC(=O)[C@H](c4ccc(F)c(F)c4)N4CC(C)C(c5cccc(-c6cccc([C@H](CC(=O)O)NC(=O)C(c7ccccc7)N7CCCCC7=O)c6)c5C)CC4=O)c3)c2C)cc1=O. The highest BCUT2D eigenvalue weighted by Crippen LogP contribution is 2.43. The van der Waals surface area contributed by atoms with Crippen LogP contribution in [0.4, 0.5) is 8.78 Å². The van der Waals surface area contributed by atoms with Gasteiger partial charge in [-0.05, 0) is 202 Å². The van der Waals surface area contributed by atoms with Crippen molar-refractivity contribution in [2.75, 3.05) is 26.8 Å². The lowest BCUT2D eigenvalue weighted by Crippen LogP contribution is -2.50. The lowest BCUT2D eigenvalue weighted by Gasteiger charge is -2.41. The van der Waals surface area contributed by atoms with E-state index in [1.54, 1.807) is 65.7 Å². The minimum absolute atomic E-state index is 0.0500. The zero-order valence-corrected chi connectivity index (χ0v) is 61.2. The molecule has 0 saturated carbocycles. The van der Waals surface area contributed by atoms with Crippen LogP contribution in [0.5, 0.6) is 0 Å². The fourth-order valence-electron chi connectivity index (χ4n) is 15.5. The van der Waals surface area contributed by atoms with Crippen molar-refractivity contribution in [3.8, 4) is 33.4 Å². The van der Waals surface area contributed by atoms with E-state index in [0.29, 0.717) is 59.2 Å². The molecule has 2 saturated heterocycles. The van der Waals surface area contributed by atoms with E-state index in [2.05, 4.69) is 20.9 Å². The molecule has 2 fully saturated rings. The van der Waals surface area contributed by atoms with Crippen molar-refractivity contribution in [2.24, 2.45) is 5.92 Å². The normalized spacial score (nSPS) is 16.2. The van der Waals surface area contributed by atoms with Crippen LogP contribution in [-0.4, -0.2) is 109 Å². The van der Waals surface area contributed by atoms with Gasteiger partial charge in [0.05, 0.1) is 44.0 Å². The number of methoxy groups -OCH3 is 1. The number of hydrogen-bond donors (Lipinski definition) is 6. The van der Waals surface area contributed by atoms with Crippen molar-refractivity contribution in [1.29, 1.82) is 0 Å². The first kappa shape index (κ1) is 77.3. The van der Waals surface area contributed by atoms with E-state index in [9.17, 15) is 58.1 Å². The summed E-state index contributed by atoms with van der Waals surface area (Å²) in [5.41, 5.74) is 12.6. The summed E-state index contributed by atoms with van der Waals surface area (Å²) in [6.07, 6.45) is 4.80. The van der Waals surface area contributed by atoms with Gasteiger partial charge >= 0.3 is 17.9 Å². The zero-order chi connectivity index (χ0) is 77.2. The first-order valence-electron chi connectivity index (χ1n) is 36.0. The molecule has 11 rings (SSSR count). The molecule has 20 nitrogen and oxygen atoms in total. The lowest BCUT2D eigenvalue weighted by molar-refractivity contribution is -0.145. The predicted molar refractivity (Wildman–Crippen MR) is 403 cm³/mol. The Morgan fingerprint density at radius 2 is 1.13 bits per heavy atom. The summed E-state index contributed by atoms with van der Waals surface area (Å²) in [6, 6.07) is 39.6. The van der Waals surface area contributed by atoms with E-state index < -0.39 is 120 Å². The summed E-state index contributed by atoms with van der Waals surface area (Å²) in [5.74, 6) is -9.54. The molecule has 8 atom stereocenters. The molecule has 108 heavy (non-hydrogen) atoms. The number of carbonyl (C=O) groups excluding carboxylic acids is 5. The van der Waals surface area contributed by atoms with Gasteiger partial charge in [-0.25, -0.2) is 8.78 Å². The number of aliphatic carboxylic acids is 3. The molecule has 558 valence electrons. The number of aromatic nitrogens is 2. The number of rotatable bonds is 28. The maximum absolute atomic E-state index is 15.4. The molecule has 0 aliphatic carbocycles. The molecule has 22 heteroatoms. The standard InChI is InChI=1S/C86H87F2N7O13/c1-49-17-13-18-50(2)80(49)61-24-15-23-60(38-61)70(42-77(99)100)90-84(105)73(48-108-7)93-34-32-55(36-75(93)97)35-57-29-28-51(3)81(53(57)5)64-39-63(45-89-46-64)72(44-79(103)104)92-86(107)83(62-30-31-68(87)69(88)40-62)95-47-52(4)67(41-76(95)98)66-26-16-25-65(54(66)6)58-21-14-22-59(37-58)71(43-78(101)102)91-85(106)82(56-19-9-8-10-20-56)94-33-12-11-27-74(94)96/h8-10,13-26,28-32,34,36-40,45-46,52,67,70-73,82-83H,11-12,27,33,35,41-44,47-48H2,1-7H3,(H,90,105)(H,91,106)(H,92,107)(H,99,100)(H,101,102)(H,103,104)/t52?,67?,70-,71-,72-,73+,82?,83-/m0/s1. The van der Waals surface area contributed by atoms with E-state index in [1.807, 2.05) is 126 Å². The van der Waals surface area contributed by atoms with Crippen molar-refractivity contribution < 1.29 is 67.2 Å². The number of halogens is 2. The Morgan fingerprint density at radius 1 is 0.546 bits per heavy atom. The number of carboxylic acids is 3. The van der Waals surface area contributed by atoms with Gasteiger partial charge in [-0.3, -0.25) is 48.1 Å². The summed E-state index contributed by atoms with van der Waals surface area (Å²) in [5, 5.41) is 39.4. The van der Waals surface area contributed by atoms with Gasteiger partial charge in [-0.2, -0.15) is 0 Å². The summed E-state index contributed by atoms with van der Waals surface area (Å²) >= 11 is 0. The number of piperidine rings is 2. The van der Waals surface area contributed by atoms with E-state index >= 15 is 9.18 Å². The van der Waals surface area contributed by atoms with Crippen LogP contribution < -0.4 is 21.5 Å². The van der Waals surface area contributed by atoms with Gasteiger partial charge in [0, 0.05) is 63.3 Å². The smallest absolute Gasteiger partial charge is 0.305 e. The van der Waals surface area contributed by atoms with Crippen LogP contribution in [0.1, 0.15) is 166 Å². The van der Waals surface area contributed by atoms with Crippen LogP contribution in [0.25, 0.3) is 33.4 Å². The van der Waals surface area contributed by atoms with Crippen molar-refractivity contribution in [2.45, 2.75) is 135 Å². The molecule has 2 aliphatic rings. The lowest BCUT2D eigenvalue weighted by atomic mass is 9.77. The van der Waals surface area contributed by atoms with Crippen LogP contribution in [0.2, 0.25) is 0 Å². The number of nitrogens with one attached hydrogen (secondary N) is 3. The van der Waals surface area contributed by atoms with Crippen LogP contribution in [0, 0.1) is 52.2 Å². The van der Waals surface area contributed by atoms with Gasteiger partial charge in [0.15, 0.2) is 11.6 Å². The van der Waals surface area contributed by atoms with Crippen molar-refractivity contribution in [3.05, 3.63) is 277 Å². The van der Waals surface area contributed by atoms with Crippen molar-refractivity contribution in [3.63, 3.8) is 0 Å². The number of likely N-dealkylation sites (tertiary alicyclic amines) is 2. The van der Waals surface area contributed by atoms with E-state index in [4.69, 9.17) is 4.74 Å². The average molecular weight is 1460 g/mol. The number of carbonyl (C=O) groups is 8. The fraction of sp³-hybridized carbons (Fsp3) is 0.302. The number of carboxylic acid groups (broad SMARTS) is 3. The van der Waals surface area contributed by atoms with E-state index in [1.165, 1.54) is 41.1 Å². The summed E-state index contributed by atoms with van der Waals surface area (Å²) in [7, 11) is 1.40. The summed E-state index contributed by atoms with van der Waals surface area (Å²) in [6.45, 7) is 11.7. The first-order valence-corrected chi connectivity index (χ1v) is 36.0. The van der Waals surface area contributed by atoms with Crippen LogP contribution >= 0.6 is 0 Å². The molecule has 7 aromatic carbocycles. The van der Waals surface area contributed by atoms with Crippen LogP contribution in [0.3, 0.4) is 0 Å². The number of nitrogens with zero attached hydrogens (tertiary/aromatic N) is 4. The maximum atomic E-state index is 15.4. The fourth-order valence-corrected chi connectivity index (χ4v) is 15.5. The Hall–Kier alpha value is -11.8. The maximum Gasteiger partial charge on any atom is 0.305 e. The Kier molecular flexibility index (Phi) is 24.5. The molecule has 0 radical (unpaired) electrons. The number of aryl methyl sites for hydroxylation is 3.